The van der Waals surface area contributed by atoms with E-state index < -0.39 is 0 Å². The van der Waals surface area contributed by atoms with Crippen LogP contribution in [0.25, 0.3) is 0 Å². The minimum Gasteiger partial charge on any atom is -0.363 e. The molecule has 140 valence electrons. The normalized spacial score (nSPS) is 25.4. The van der Waals surface area contributed by atoms with Gasteiger partial charge in [-0.1, -0.05) is 12.2 Å². The first kappa shape index (κ1) is 17.7. The van der Waals surface area contributed by atoms with Crippen LogP contribution in [0.4, 0.5) is 4.39 Å². The highest BCUT2D eigenvalue weighted by molar-refractivity contribution is 5.98. The second-order valence-electron chi connectivity index (χ2n) is 7.34. The molecule has 0 aromatic carbocycles. The Morgan fingerprint density at radius 2 is 2.11 bits per heavy atom. The van der Waals surface area contributed by atoms with Gasteiger partial charge in [-0.2, -0.15) is 0 Å². The van der Waals surface area contributed by atoms with Gasteiger partial charge in [-0.05, 0) is 44.0 Å². The predicted molar refractivity (Wildman–Crippen MR) is 105 cm³/mol. The smallest absolute Gasteiger partial charge is 0.249 e. The molecule has 0 saturated heterocycles. The Morgan fingerprint density at radius 3 is 2.89 bits per heavy atom. The van der Waals surface area contributed by atoms with Crippen LogP contribution in [-0.4, -0.2) is 68.2 Å². The molecule has 1 amide bonds. The minimum atomic E-state index is -0.325. The quantitative estimate of drug-likeness (QED) is 0.827. The van der Waals surface area contributed by atoms with Crippen molar-refractivity contribution in [2.24, 2.45) is 4.99 Å². The van der Waals surface area contributed by atoms with Gasteiger partial charge in [0.25, 0.3) is 0 Å². The maximum absolute atomic E-state index is 13.9. The fourth-order valence-electron chi connectivity index (χ4n) is 3.95. The van der Waals surface area contributed by atoms with Crippen molar-refractivity contribution < 1.29 is 9.18 Å². The number of nitrogens with one attached hydrogen (secondary N) is 1. The van der Waals surface area contributed by atoms with E-state index in [9.17, 15) is 9.18 Å². The number of hydrogen-bond donors (Lipinski definition) is 1. The number of rotatable bonds is 4. The molecule has 6 heteroatoms. The lowest BCUT2D eigenvalue weighted by Gasteiger charge is -2.31. The number of fused-ring (bicyclic) bond motifs is 3. The summed E-state index contributed by atoms with van der Waals surface area (Å²) in [6.07, 6.45) is 12.4. The summed E-state index contributed by atoms with van der Waals surface area (Å²) in [5, 5.41) is 2.98. The third-order valence-corrected chi connectivity index (χ3v) is 5.25. The molecule has 0 aromatic rings. The number of likely N-dealkylation sites (N-methyl/N-ethyl adjacent to an activating group) is 2. The zero-order chi connectivity index (χ0) is 19.1. The molecule has 4 aliphatic rings. The van der Waals surface area contributed by atoms with E-state index in [0.717, 1.165) is 29.0 Å². The molecular formula is C21H23FN4O. The Bertz CT molecular complexity index is 901. The van der Waals surface area contributed by atoms with Gasteiger partial charge < -0.3 is 15.1 Å². The van der Waals surface area contributed by atoms with E-state index in [1.54, 1.807) is 12.3 Å². The fraction of sp³-hybridized carbons (Fsp3) is 0.333. The lowest BCUT2D eigenvalue weighted by Crippen LogP contribution is -2.37. The van der Waals surface area contributed by atoms with Gasteiger partial charge in [0.1, 0.15) is 11.9 Å². The molecule has 0 spiro atoms. The molecule has 0 aromatic heterocycles. The van der Waals surface area contributed by atoms with E-state index in [2.05, 4.69) is 15.2 Å². The van der Waals surface area contributed by atoms with Crippen LogP contribution in [0.1, 0.15) is 0 Å². The number of allylic oxidation sites excluding steroid dienone is 4. The second-order valence-corrected chi connectivity index (χ2v) is 7.34. The van der Waals surface area contributed by atoms with Crippen LogP contribution in [0.15, 0.2) is 75.3 Å². The summed E-state index contributed by atoms with van der Waals surface area (Å²) >= 11 is 0. The second kappa shape index (κ2) is 6.78. The first-order valence-corrected chi connectivity index (χ1v) is 9.08. The highest BCUT2D eigenvalue weighted by atomic mass is 19.1. The highest BCUT2D eigenvalue weighted by Gasteiger charge is 2.40. The van der Waals surface area contributed by atoms with Gasteiger partial charge in [0.15, 0.2) is 0 Å². The number of amides is 1. The number of nitrogens with zero attached hydrogens (tertiary/aromatic N) is 3. The molecule has 2 heterocycles. The number of carbonyl (C=O) groups is 1. The summed E-state index contributed by atoms with van der Waals surface area (Å²) in [5.41, 5.74) is 4.41. The monoisotopic (exact) mass is 366 g/mol. The van der Waals surface area contributed by atoms with Crippen molar-refractivity contribution in [3.63, 3.8) is 0 Å². The van der Waals surface area contributed by atoms with Crippen LogP contribution in [0.2, 0.25) is 0 Å². The average Bonchev–Trinajstić information content (AvgIpc) is 2.92. The maximum atomic E-state index is 13.9. The molecule has 0 bridgehead atoms. The zero-order valence-corrected chi connectivity index (χ0v) is 15.7. The molecule has 0 saturated carbocycles. The number of dihydropyridines is 1. The molecule has 1 N–H and O–H groups in total. The molecule has 2 aliphatic carbocycles. The van der Waals surface area contributed by atoms with Crippen LogP contribution in [-0.2, 0) is 4.79 Å². The van der Waals surface area contributed by atoms with Crippen molar-refractivity contribution in [3.05, 3.63) is 70.3 Å². The molecule has 4 rings (SSSR count). The molecule has 2 aliphatic heterocycles. The number of aliphatic imine (C=N–C) groups is 1. The van der Waals surface area contributed by atoms with Gasteiger partial charge in [-0.3, -0.25) is 9.79 Å². The standard InChI is InChI=1S/C21H23FN4O/c1-25(2)10-9-24-21(27)17-12-16-15-11-13(22)6-7-18(15)26(3)20(16)14-5-4-8-23-19(14)17/h4-8,11-12,18-19H,9-10H2,1-3H3,(H,24,27). The minimum absolute atomic E-state index is 0.0191. The van der Waals surface area contributed by atoms with Crippen molar-refractivity contribution in [3.8, 4) is 0 Å². The van der Waals surface area contributed by atoms with E-state index in [-0.39, 0.29) is 23.8 Å². The van der Waals surface area contributed by atoms with Gasteiger partial charge in [-0.15, -0.1) is 0 Å². The molecule has 0 radical (unpaired) electrons. The van der Waals surface area contributed by atoms with Gasteiger partial charge >= 0.3 is 0 Å². The third-order valence-electron chi connectivity index (χ3n) is 5.25. The Hall–Kier alpha value is -2.73. The van der Waals surface area contributed by atoms with Crippen molar-refractivity contribution in [1.82, 2.24) is 15.1 Å². The van der Waals surface area contributed by atoms with E-state index in [0.29, 0.717) is 12.1 Å². The van der Waals surface area contributed by atoms with Crippen LogP contribution < -0.4 is 5.32 Å². The maximum Gasteiger partial charge on any atom is 0.249 e. The first-order chi connectivity index (χ1) is 13.0. The van der Waals surface area contributed by atoms with Crippen molar-refractivity contribution in [1.29, 1.82) is 0 Å². The summed E-state index contributed by atoms with van der Waals surface area (Å²) in [6.45, 7) is 1.32. The van der Waals surface area contributed by atoms with Gasteiger partial charge in [0.05, 0.1) is 11.7 Å². The van der Waals surface area contributed by atoms with Crippen molar-refractivity contribution >= 4 is 12.1 Å². The largest absolute Gasteiger partial charge is 0.363 e. The van der Waals surface area contributed by atoms with Gasteiger partial charge in [0, 0.05) is 43.1 Å². The van der Waals surface area contributed by atoms with Crippen LogP contribution >= 0.6 is 0 Å². The highest BCUT2D eigenvalue weighted by Crippen LogP contribution is 2.44. The summed E-state index contributed by atoms with van der Waals surface area (Å²) in [6, 6.07) is -0.344. The van der Waals surface area contributed by atoms with E-state index >= 15 is 0 Å². The summed E-state index contributed by atoms with van der Waals surface area (Å²) in [4.78, 5) is 21.6. The average molecular weight is 366 g/mol. The van der Waals surface area contributed by atoms with E-state index in [4.69, 9.17) is 0 Å². The van der Waals surface area contributed by atoms with Crippen LogP contribution in [0.5, 0.6) is 0 Å². The lowest BCUT2D eigenvalue weighted by atomic mass is 9.85. The molecule has 2 atom stereocenters. The lowest BCUT2D eigenvalue weighted by molar-refractivity contribution is -0.117. The molecule has 2 unspecified atom stereocenters. The Labute approximate surface area is 158 Å². The Kier molecular flexibility index (Phi) is 4.44. The molecule has 27 heavy (non-hydrogen) atoms. The Balaban J connectivity index is 1.75. The van der Waals surface area contributed by atoms with Gasteiger partial charge in [0.2, 0.25) is 5.91 Å². The van der Waals surface area contributed by atoms with Crippen LogP contribution in [0.3, 0.4) is 0 Å². The zero-order valence-electron chi connectivity index (χ0n) is 15.7. The predicted octanol–water partition coefficient (Wildman–Crippen LogP) is 1.90. The number of hydrogen-bond acceptors (Lipinski definition) is 4. The number of halogens is 1. The summed E-state index contributed by atoms with van der Waals surface area (Å²) < 4.78 is 13.9. The van der Waals surface area contributed by atoms with Crippen LogP contribution in [0, 0.1) is 0 Å². The first-order valence-electron chi connectivity index (χ1n) is 9.08. The molecular weight excluding hydrogens is 343 g/mol. The SMILES string of the molecule is CN(C)CCNC(=O)C1=CC2=C3C=C(F)C=CC3N(C)C2=C2C=CC=NC12. The Morgan fingerprint density at radius 1 is 1.30 bits per heavy atom. The topological polar surface area (TPSA) is 47.9 Å². The van der Waals surface area contributed by atoms with Gasteiger partial charge in [-0.25, -0.2) is 4.39 Å². The molecule has 0 fully saturated rings. The summed E-state index contributed by atoms with van der Waals surface area (Å²) in [5.74, 6) is -0.390. The number of carbonyl (C=O) groups excluding carboxylic acids is 1. The van der Waals surface area contributed by atoms with E-state index in [1.165, 1.54) is 6.08 Å². The van der Waals surface area contributed by atoms with Crippen molar-refractivity contribution in [2.45, 2.75) is 12.1 Å². The van der Waals surface area contributed by atoms with E-state index in [1.807, 2.05) is 50.3 Å². The fourth-order valence-corrected chi connectivity index (χ4v) is 3.95. The summed E-state index contributed by atoms with van der Waals surface area (Å²) in [7, 11) is 5.93. The van der Waals surface area contributed by atoms with Crippen molar-refractivity contribution in [2.75, 3.05) is 34.2 Å². The molecule has 5 nitrogen and oxygen atoms in total. The third kappa shape index (κ3) is 3.00.